The van der Waals surface area contributed by atoms with Gasteiger partial charge in [-0.1, -0.05) is 11.6 Å². The van der Waals surface area contributed by atoms with E-state index >= 15 is 0 Å². The van der Waals surface area contributed by atoms with E-state index in [1.54, 1.807) is 18.3 Å². The van der Waals surface area contributed by atoms with Crippen LogP contribution >= 0.6 is 11.6 Å². The Morgan fingerprint density at radius 1 is 1.12 bits per heavy atom. The van der Waals surface area contributed by atoms with E-state index in [1.165, 1.54) is 12.1 Å². The molecule has 2 aromatic heterocycles. The number of alkyl halides is 3. The lowest BCUT2D eigenvalue weighted by atomic mass is 10.1. The zero-order valence-corrected chi connectivity index (χ0v) is 18.2. The third-order valence-electron chi connectivity index (χ3n) is 4.90. The molecular weight excluding hydrogens is 443 g/mol. The molecule has 0 saturated heterocycles. The lowest BCUT2D eigenvalue weighted by Gasteiger charge is -2.30. The number of fused-ring (bicyclic) bond motifs is 1. The molecule has 0 aliphatic carbocycles. The molecule has 6 nitrogen and oxygen atoms in total. The smallest absolute Gasteiger partial charge is 0.416 e. The van der Waals surface area contributed by atoms with Crippen molar-refractivity contribution in [3.63, 3.8) is 0 Å². The molecule has 168 valence electrons. The largest absolute Gasteiger partial charge is 0.461 e. The Morgan fingerprint density at radius 3 is 2.53 bits per heavy atom. The van der Waals surface area contributed by atoms with Crippen LogP contribution in [0.15, 0.2) is 42.6 Å². The predicted molar refractivity (Wildman–Crippen MR) is 117 cm³/mol. The maximum atomic E-state index is 12.9. The minimum atomic E-state index is -4.39. The van der Waals surface area contributed by atoms with Crippen molar-refractivity contribution < 1.29 is 17.9 Å². The molecule has 0 fully saturated rings. The van der Waals surface area contributed by atoms with E-state index in [0.29, 0.717) is 41.9 Å². The van der Waals surface area contributed by atoms with Gasteiger partial charge in [0.15, 0.2) is 0 Å². The van der Waals surface area contributed by atoms with Gasteiger partial charge in [-0.25, -0.2) is 4.98 Å². The number of nitrogens with one attached hydrogen (secondary N) is 1. The second kappa shape index (κ2) is 8.82. The molecule has 32 heavy (non-hydrogen) atoms. The number of nitrogens with zero attached hydrogens (tertiary/aromatic N) is 4. The molecule has 1 aromatic carbocycles. The molecule has 0 unspecified atom stereocenters. The molecule has 10 heteroatoms. The van der Waals surface area contributed by atoms with Gasteiger partial charge in [-0.05, 0) is 56.7 Å². The summed E-state index contributed by atoms with van der Waals surface area (Å²) < 4.78 is 44.3. The minimum Gasteiger partial charge on any atom is -0.461 e. The van der Waals surface area contributed by atoms with Crippen molar-refractivity contribution in [2.24, 2.45) is 0 Å². The Bertz CT molecular complexity index is 1110. The summed E-state index contributed by atoms with van der Waals surface area (Å²) in [4.78, 5) is 15.5. The summed E-state index contributed by atoms with van der Waals surface area (Å²) >= 11 is 6.31. The molecule has 3 aromatic rings. The van der Waals surface area contributed by atoms with Crippen LogP contribution in [0.1, 0.15) is 30.7 Å². The highest BCUT2D eigenvalue weighted by molar-refractivity contribution is 6.32. The lowest BCUT2D eigenvalue weighted by Crippen LogP contribution is -2.33. The number of hydrogen-bond acceptors (Lipinski definition) is 6. The van der Waals surface area contributed by atoms with Gasteiger partial charge in [-0.3, -0.25) is 0 Å². The van der Waals surface area contributed by atoms with Gasteiger partial charge in [0.1, 0.15) is 11.6 Å². The summed E-state index contributed by atoms with van der Waals surface area (Å²) in [5.41, 5.74) is 1.41. The van der Waals surface area contributed by atoms with E-state index < -0.39 is 11.7 Å². The first-order valence-electron chi connectivity index (χ1n) is 10.1. The van der Waals surface area contributed by atoms with Crippen LogP contribution in [0, 0.1) is 0 Å². The van der Waals surface area contributed by atoms with Gasteiger partial charge in [-0.2, -0.15) is 23.1 Å². The Balaban J connectivity index is 1.66. The number of hydrogen-bond donors (Lipinski definition) is 1. The van der Waals surface area contributed by atoms with E-state index in [0.717, 1.165) is 23.4 Å². The van der Waals surface area contributed by atoms with Crippen LogP contribution in [-0.2, 0) is 19.1 Å². The molecule has 1 aliphatic rings. The number of pyridine rings is 1. The summed E-state index contributed by atoms with van der Waals surface area (Å²) in [5.74, 6) is 1.18. The van der Waals surface area contributed by atoms with Crippen molar-refractivity contribution in [1.82, 2.24) is 15.0 Å². The molecule has 0 atom stereocenters. The average Bonchev–Trinajstić information content (AvgIpc) is 2.73. The number of halogens is 4. The van der Waals surface area contributed by atoms with Crippen LogP contribution in [-0.4, -0.2) is 27.6 Å². The first kappa shape index (κ1) is 22.1. The third-order valence-corrected chi connectivity index (χ3v) is 5.19. The fourth-order valence-corrected chi connectivity index (χ4v) is 3.69. The Kier molecular flexibility index (Phi) is 6.10. The number of rotatable bonds is 5. The number of ether oxygens (including phenoxy) is 1. The van der Waals surface area contributed by atoms with Crippen molar-refractivity contribution in [2.45, 2.75) is 39.1 Å². The maximum absolute atomic E-state index is 12.9. The van der Waals surface area contributed by atoms with E-state index in [-0.39, 0.29) is 12.1 Å². The van der Waals surface area contributed by atoms with Crippen molar-refractivity contribution in [3.8, 4) is 6.01 Å². The first-order valence-corrected chi connectivity index (χ1v) is 10.4. The van der Waals surface area contributed by atoms with Crippen molar-refractivity contribution in [3.05, 3.63) is 64.4 Å². The zero-order chi connectivity index (χ0) is 22.9. The number of anilines is 3. The fourth-order valence-electron chi connectivity index (χ4n) is 3.44. The maximum Gasteiger partial charge on any atom is 0.416 e. The molecule has 0 bridgehead atoms. The van der Waals surface area contributed by atoms with E-state index in [1.807, 2.05) is 18.7 Å². The molecule has 1 N–H and O–H groups in total. The molecular formula is C22H21ClF3N5O. The van der Waals surface area contributed by atoms with E-state index in [2.05, 4.69) is 20.3 Å². The summed E-state index contributed by atoms with van der Waals surface area (Å²) in [5, 5.41) is 3.68. The number of aromatic nitrogens is 3. The molecule has 0 radical (unpaired) electrons. The van der Waals surface area contributed by atoms with Crippen LogP contribution in [0.2, 0.25) is 5.02 Å². The minimum absolute atomic E-state index is 0.142. The van der Waals surface area contributed by atoms with Crippen LogP contribution < -0.4 is 15.0 Å². The lowest BCUT2D eigenvalue weighted by molar-refractivity contribution is -0.137. The summed E-state index contributed by atoms with van der Waals surface area (Å²) in [6.45, 7) is 4.82. The summed E-state index contributed by atoms with van der Waals surface area (Å²) in [7, 11) is 0. The Hall–Kier alpha value is -3.07. The predicted octanol–water partition coefficient (Wildman–Crippen LogP) is 5.64. The van der Waals surface area contributed by atoms with Gasteiger partial charge in [0.05, 0.1) is 28.9 Å². The molecule has 4 rings (SSSR count). The van der Waals surface area contributed by atoms with Crippen LogP contribution in [0.3, 0.4) is 0 Å². The monoisotopic (exact) mass is 463 g/mol. The first-order chi connectivity index (χ1) is 15.2. The normalized spacial score (nSPS) is 13.8. The molecule has 0 saturated carbocycles. The fraction of sp³-hybridized carbons (Fsp3) is 0.318. The van der Waals surface area contributed by atoms with Gasteiger partial charge in [0.25, 0.3) is 0 Å². The quantitative estimate of drug-likeness (QED) is 0.528. The molecule has 0 spiro atoms. The van der Waals surface area contributed by atoms with Gasteiger partial charge >= 0.3 is 12.2 Å². The van der Waals surface area contributed by atoms with E-state index in [9.17, 15) is 13.2 Å². The molecule has 0 amide bonds. The SMILES string of the molecule is CC(C)Oc1nc2c(c(Nc3ccc(C(F)(F)F)cc3)n1)CCN(c1ncccc1Cl)C2. The standard InChI is InChI=1S/C22H21ClF3N5O/c1-13(2)32-21-29-18-12-31(20-17(23)4-3-10-27-20)11-9-16(18)19(30-21)28-15-7-5-14(6-8-15)22(24,25)26/h3-8,10,13H,9,11-12H2,1-2H3,(H,28,29,30). The van der Waals surface area contributed by atoms with Gasteiger partial charge < -0.3 is 15.0 Å². The number of benzene rings is 1. The Labute approximate surface area is 188 Å². The van der Waals surface area contributed by atoms with Crippen LogP contribution in [0.25, 0.3) is 0 Å². The van der Waals surface area contributed by atoms with Crippen LogP contribution in [0.4, 0.5) is 30.5 Å². The molecule has 3 heterocycles. The third kappa shape index (κ3) is 4.88. The Morgan fingerprint density at radius 2 is 1.88 bits per heavy atom. The van der Waals surface area contributed by atoms with Crippen molar-refractivity contribution >= 4 is 28.9 Å². The highest BCUT2D eigenvalue weighted by Crippen LogP contribution is 2.33. The van der Waals surface area contributed by atoms with E-state index in [4.69, 9.17) is 16.3 Å². The van der Waals surface area contributed by atoms with Gasteiger partial charge in [0.2, 0.25) is 0 Å². The zero-order valence-electron chi connectivity index (χ0n) is 17.4. The summed E-state index contributed by atoms with van der Waals surface area (Å²) in [6, 6.07) is 8.57. The second-order valence-corrected chi connectivity index (χ2v) is 8.03. The highest BCUT2D eigenvalue weighted by Gasteiger charge is 2.30. The van der Waals surface area contributed by atoms with Crippen molar-refractivity contribution in [2.75, 3.05) is 16.8 Å². The summed E-state index contributed by atoms with van der Waals surface area (Å²) in [6.07, 6.45) is -2.24. The van der Waals surface area contributed by atoms with Crippen LogP contribution in [0.5, 0.6) is 6.01 Å². The topological polar surface area (TPSA) is 63.2 Å². The van der Waals surface area contributed by atoms with Gasteiger partial charge in [-0.15, -0.1) is 0 Å². The molecule has 1 aliphatic heterocycles. The van der Waals surface area contributed by atoms with Crippen molar-refractivity contribution in [1.29, 1.82) is 0 Å². The van der Waals surface area contributed by atoms with Gasteiger partial charge in [0, 0.05) is 24.0 Å². The second-order valence-electron chi connectivity index (χ2n) is 7.63. The highest BCUT2D eigenvalue weighted by atomic mass is 35.5. The average molecular weight is 464 g/mol.